The zero-order valence-electron chi connectivity index (χ0n) is 44.6. The molecule has 390 valence electrons. The van der Waals surface area contributed by atoms with Crippen LogP contribution in [0.2, 0.25) is 0 Å². The van der Waals surface area contributed by atoms with Crippen LogP contribution in [0.5, 0.6) is 0 Å². The first-order valence-electron chi connectivity index (χ1n) is 28.6. The van der Waals surface area contributed by atoms with E-state index in [2.05, 4.69) is 106 Å². The van der Waals surface area contributed by atoms with Crippen LogP contribution in [0, 0.1) is 0 Å². The lowest BCUT2D eigenvalue weighted by atomic mass is 10.0. The van der Waals surface area contributed by atoms with Gasteiger partial charge in [0, 0.05) is 19.3 Å². The number of unbranched alkanes of at least 4 members (excludes halogenated alkanes) is 26. The molecular weight excluding hydrogens is 841 g/mol. The van der Waals surface area contributed by atoms with E-state index >= 15 is 0 Å². The van der Waals surface area contributed by atoms with Crippen molar-refractivity contribution in [1.82, 2.24) is 0 Å². The largest absolute Gasteiger partial charge is 0.462 e. The van der Waals surface area contributed by atoms with Crippen molar-refractivity contribution in [3.8, 4) is 0 Å². The van der Waals surface area contributed by atoms with Crippen LogP contribution >= 0.6 is 0 Å². The Morgan fingerprint density at radius 1 is 0.309 bits per heavy atom. The molecule has 0 fully saturated rings. The highest BCUT2D eigenvalue weighted by Gasteiger charge is 2.19. The lowest BCUT2D eigenvalue weighted by Gasteiger charge is -2.18. The Morgan fingerprint density at radius 3 is 0.897 bits per heavy atom. The second kappa shape index (κ2) is 56.2. The first-order chi connectivity index (χ1) is 33.5. The fourth-order valence-corrected chi connectivity index (χ4v) is 7.89. The first kappa shape index (κ1) is 64.6. The summed E-state index contributed by atoms with van der Waals surface area (Å²) >= 11 is 0. The van der Waals surface area contributed by atoms with Gasteiger partial charge in [-0.2, -0.15) is 0 Å². The fourth-order valence-electron chi connectivity index (χ4n) is 7.89. The molecule has 0 aromatic heterocycles. The van der Waals surface area contributed by atoms with Crippen molar-refractivity contribution < 1.29 is 28.6 Å². The van der Waals surface area contributed by atoms with Crippen LogP contribution in [-0.4, -0.2) is 37.2 Å². The summed E-state index contributed by atoms with van der Waals surface area (Å²) in [5.41, 5.74) is 0. The Labute approximate surface area is 420 Å². The van der Waals surface area contributed by atoms with E-state index in [0.717, 1.165) is 109 Å². The Kier molecular flexibility index (Phi) is 53.4. The minimum atomic E-state index is -0.786. The maximum Gasteiger partial charge on any atom is 0.306 e. The Balaban J connectivity index is 4.33. The molecule has 0 aliphatic rings. The van der Waals surface area contributed by atoms with Gasteiger partial charge in [0.25, 0.3) is 0 Å². The summed E-state index contributed by atoms with van der Waals surface area (Å²) in [7, 11) is 0. The normalized spacial score (nSPS) is 12.7. The van der Waals surface area contributed by atoms with E-state index in [0.29, 0.717) is 19.3 Å². The summed E-state index contributed by atoms with van der Waals surface area (Å²) in [6.07, 6.45) is 72.9. The van der Waals surface area contributed by atoms with Gasteiger partial charge in [-0.1, -0.05) is 260 Å². The monoisotopic (exact) mass is 947 g/mol. The molecule has 0 radical (unpaired) electrons. The average molecular weight is 948 g/mol. The van der Waals surface area contributed by atoms with Gasteiger partial charge in [0.05, 0.1) is 0 Å². The minimum absolute atomic E-state index is 0.0842. The SMILES string of the molecule is CC/C=C\C/C=C\C/C=C\C/C=C\C/C=C\C/C=C\C/C=C\CCCCCC(=O)OCC(COC(=O)CCCCCCCCCCC)OC(=O)CCCCCCCCCCCCCCCCCC. The first-order valence-corrected chi connectivity index (χ1v) is 28.6. The number of allylic oxidation sites excluding steroid dienone is 14. The van der Waals surface area contributed by atoms with Crippen molar-refractivity contribution in [1.29, 1.82) is 0 Å². The topological polar surface area (TPSA) is 78.9 Å². The molecule has 68 heavy (non-hydrogen) atoms. The van der Waals surface area contributed by atoms with E-state index in [1.54, 1.807) is 0 Å². The number of carbonyl (C=O) groups excluding carboxylic acids is 3. The molecule has 0 saturated carbocycles. The van der Waals surface area contributed by atoms with Crippen LogP contribution in [0.3, 0.4) is 0 Å². The lowest BCUT2D eigenvalue weighted by molar-refractivity contribution is -0.167. The molecule has 1 unspecified atom stereocenters. The summed E-state index contributed by atoms with van der Waals surface area (Å²) < 4.78 is 16.8. The van der Waals surface area contributed by atoms with Crippen molar-refractivity contribution >= 4 is 17.9 Å². The Bertz CT molecular complexity index is 1320. The van der Waals surface area contributed by atoms with Gasteiger partial charge < -0.3 is 14.2 Å². The molecular formula is C62H106O6. The van der Waals surface area contributed by atoms with E-state index in [-0.39, 0.29) is 31.1 Å². The standard InChI is InChI=1S/C62H106O6/c1-4-7-10-13-16-19-21-23-25-27-28-29-30-31-32-33-34-35-37-38-40-43-46-49-52-55-61(64)67-58-59(57-66-60(63)54-51-48-45-42-18-15-12-9-6-3)68-62(65)56-53-50-47-44-41-39-36-26-24-22-20-17-14-11-8-5-2/h7,10,16,19,23,25,28-29,31-32,34-35,38,40,59H,4-6,8-9,11-15,17-18,20-22,24,26-27,30,33,36-37,39,41-58H2,1-3H3/b10-7-,19-16-,25-23-,29-28-,32-31-,35-34-,40-38-. The maximum atomic E-state index is 12.8. The number of hydrogen-bond donors (Lipinski definition) is 0. The summed E-state index contributed by atoms with van der Waals surface area (Å²) in [4.78, 5) is 38.0. The van der Waals surface area contributed by atoms with Gasteiger partial charge in [-0.15, -0.1) is 0 Å². The molecule has 0 saturated heterocycles. The van der Waals surface area contributed by atoms with Gasteiger partial charge in [0.2, 0.25) is 0 Å². The molecule has 0 amide bonds. The minimum Gasteiger partial charge on any atom is -0.462 e. The second-order valence-electron chi connectivity index (χ2n) is 18.8. The van der Waals surface area contributed by atoms with Crippen molar-refractivity contribution in [3.05, 3.63) is 85.1 Å². The molecule has 0 bridgehead atoms. The molecule has 0 heterocycles. The molecule has 0 N–H and O–H groups in total. The summed E-state index contributed by atoms with van der Waals surface area (Å²) in [6.45, 7) is 6.49. The van der Waals surface area contributed by atoms with E-state index in [9.17, 15) is 14.4 Å². The molecule has 6 heteroatoms. The molecule has 0 aliphatic heterocycles. The molecule has 1 atom stereocenters. The number of ether oxygens (including phenoxy) is 3. The molecule has 0 rings (SSSR count). The number of carbonyl (C=O) groups is 3. The quantitative estimate of drug-likeness (QED) is 0.0262. The predicted octanol–water partition coefficient (Wildman–Crippen LogP) is 19.2. The van der Waals surface area contributed by atoms with Gasteiger partial charge in [-0.25, -0.2) is 0 Å². The molecule has 6 nitrogen and oxygen atoms in total. The zero-order chi connectivity index (χ0) is 49.3. The molecule has 0 spiro atoms. The van der Waals surface area contributed by atoms with Gasteiger partial charge in [0.1, 0.15) is 13.2 Å². The predicted molar refractivity (Wildman–Crippen MR) is 293 cm³/mol. The van der Waals surface area contributed by atoms with E-state index < -0.39 is 6.10 Å². The number of esters is 3. The number of hydrogen-bond acceptors (Lipinski definition) is 6. The van der Waals surface area contributed by atoms with Crippen LogP contribution < -0.4 is 0 Å². The third-order valence-electron chi connectivity index (χ3n) is 12.2. The van der Waals surface area contributed by atoms with E-state index in [1.807, 2.05) is 0 Å². The highest BCUT2D eigenvalue weighted by molar-refractivity contribution is 5.71. The van der Waals surface area contributed by atoms with Crippen molar-refractivity contribution in [2.24, 2.45) is 0 Å². The fraction of sp³-hybridized carbons (Fsp3) is 0.726. The number of rotatable bonds is 51. The zero-order valence-corrected chi connectivity index (χ0v) is 44.6. The Morgan fingerprint density at radius 2 is 0.574 bits per heavy atom. The molecule has 0 aromatic rings. The van der Waals surface area contributed by atoms with Gasteiger partial charge in [-0.3, -0.25) is 14.4 Å². The van der Waals surface area contributed by atoms with Crippen LogP contribution in [0.4, 0.5) is 0 Å². The van der Waals surface area contributed by atoms with Crippen molar-refractivity contribution in [3.63, 3.8) is 0 Å². The summed E-state index contributed by atoms with van der Waals surface area (Å²) in [6, 6.07) is 0. The van der Waals surface area contributed by atoms with E-state index in [1.165, 1.54) is 122 Å². The molecule has 0 aliphatic carbocycles. The highest BCUT2D eigenvalue weighted by atomic mass is 16.6. The highest BCUT2D eigenvalue weighted by Crippen LogP contribution is 2.16. The third-order valence-corrected chi connectivity index (χ3v) is 12.2. The van der Waals surface area contributed by atoms with Gasteiger partial charge in [-0.05, 0) is 77.0 Å². The van der Waals surface area contributed by atoms with Crippen LogP contribution in [-0.2, 0) is 28.6 Å². The summed E-state index contributed by atoms with van der Waals surface area (Å²) in [5.74, 6) is -0.914. The third kappa shape index (κ3) is 53.5. The van der Waals surface area contributed by atoms with Gasteiger partial charge in [0.15, 0.2) is 6.10 Å². The van der Waals surface area contributed by atoms with Gasteiger partial charge >= 0.3 is 17.9 Å². The Hall–Kier alpha value is -3.41. The van der Waals surface area contributed by atoms with Crippen molar-refractivity contribution in [2.45, 2.75) is 277 Å². The average Bonchev–Trinajstić information content (AvgIpc) is 3.34. The lowest BCUT2D eigenvalue weighted by Crippen LogP contribution is -2.30. The van der Waals surface area contributed by atoms with E-state index in [4.69, 9.17) is 14.2 Å². The van der Waals surface area contributed by atoms with Crippen molar-refractivity contribution in [2.75, 3.05) is 13.2 Å². The maximum absolute atomic E-state index is 12.8. The van der Waals surface area contributed by atoms with Crippen LogP contribution in [0.15, 0.2) is 85.1 Å². The smallest absolute Gasteiger partial charge is 0.306 e. The molecule has 0 aromatic carbocycles. The van der Waals surface area contributed by atoms with Crippen LogP contribution in [0.1, 0.15) is 271 Å². The van der Waals surface area contributed by atoms with Crippen LogP contribution in [0.25, 0.3) is 0 Å². The second-order valence-corrected chi connectivity index (χ2v) is 18.8. The summed E-state index contributed by atoms with van der Waals surface area (Å²) in [5, 5.41) is 0.